The van der Waals surface area contributed by atoms with Crippen molar-refractivity contribution in [1.29, 1.82) is 0 Å². The van der Waals surface area contributed by atoms with Gasteiger partial charge in [-0.2, -0.15) is 0 Å². The lowest BCUT2D eigenvalue weighted by Gasteiger charge is -2.37. The molecule has 0 fully saturated rings. The number of aliphatic hydroxyl groups excluding tert-OH is 1. The molecular weight excluding hydrogens is 408 g/mol. The second-order valence-electron chi connectivity index (χ2n) is 8.09. The Kier molecular flexibility index (Phi) is 7.44. The molecule has 1 aliphatic rings. The van der Waals surface area contributed by atoms with Crippen LogP contribution in [0.3, 0.4) is 0 Å². The van der Waals surface area contributed by atoms with Crippen LogP contribution in [-0.2, 0) is 4.79 Å². The number of likely N-dealkylation sites (N-methyl/N-ethyl adjacent to an activating group) is 1. The number of amides is 2. The number of carbonyl (C=O) groups excluding carboxylic acids is 2. The summed E-state index contributed by atoms with van der Waals surface area (Å²) in [5.41, 5.74) is 1.59. The van der Waals surface area contributed by atoms with E-state index in [1.807, 2.05) is 13.0 Å². The number of ether oxygens (including phenoxy) is 1. The van der Waals surface area contributed by atoms with Crippen molar-refractivity contribution in [3.05, 3.63) is 53.5 Å². The van der Waals surface area contributed by atoms with E-state index in [1.54, 1.807) is 54.5 Å². The number of carbonyl (C=O) groups is 2. The topological polar surface area (TPSA) is 95.9 Å². The second-order valence-corrected chi connectivity index (χ2v) is 8.09. The summed E-state index contributed by atoms with van der Waals surface area (Å²) >= 11 is 0. The van der Waals surface area contributed by atoms with Gasteiger partial charge in [0.25, 0.3) is 5.91 Å². The Morgan fingerprint density at radius 3 is 2.78 bits per heavy atom. The number of hydrogen-bond acceptors (Lipinski definition) is 6. The van der Waals surface area contributed by atoms with Crippen LogP contribution < -0.4 is 4.74 Å². The van der Waals surface area contributed by atoms with Gasteiger partial charge in [-0.1, -0.05) is 18.8 Å². The highest BCUT2D eigenvalue weighted by atomic mass is 16.5. The largest absolute Gasteiger partial charge is 0.472 e. The van der Waals surface area contributed by atoms with E-state index in [0.29, 0.717) is 18.7 Å². The monoisotopic (exact) mass is 436 g/mol. The first-order chi connectivity index (χ1) is 15.3. The van der Waals surface area contributed by atoms with Crippen LogP contribution >= 0.6 is 0 Å². The maximum absolute atomic E-state index is 13.4. The minimum Gasteiger partial charge on any atom is -0.472 e. The van der Waals surface area contributed by atoms with E-state index in [4.69, 9.17) is 4.74 Å². The molecule has 1 N–H and O–H groups in total. The van der Waals surface area contributed by atoms with E-state index in [2.05, 4.69) is 21.8 Å². The Morgan fingerprint density at radius 1 is 1.38 bits per heavy atom. The fraction of sp³-hybridized carbons (Fsp3) is 0.417. The molecule has 2 aromatic heterocycles. The van der Waals surface area contributed by atoms with Crippen LogP contribution in [0.2, 0.25) is 0 Å². The molecule has 1 aliphatic heterocycles. The first kappa shape index (κ1) is 23.2. The second kappa shape index (κ2) is 10.2. The lowest BCUT2D eigenvalue weighted by atomic mass is 10.00. The van der Waals surface area contributed by atoms with Crippen LogP contribution in [0.1, 0.15) is 42.3 Å². The molecule has 0 aliphatic carbocycles. The molecule has 0 saturated carbocycles. The highest BCUT2D eigenvalue weighted by Gasteiger charge is 2.34. The molecule has 3 atom stereocenters. The van der Waals surface area contributed by atoms with Gasteiger partial charge in [-0.25, -0.2) is 4.98 Å². The van der Waals surface area contributed by atoms with Gasteiger partial charge in [0, 0.05) is 56.2 Å². The van der Waals surface area contributed by atoms with Gasteiger partial charge in [-0.05, 0) is 25.1 Å². The fourth-order valence-electron chi connectivity index (χ4n) is 3.37. The standard InChI is InChI=1S/C24H28N4O4/c1-16-13-28(17(2)15-29)24(31)21-10-20(8-7-19-6-5-9-25-11-19)12-26-23(21)32-22(16)14-27(4)18(3)30/h5-6,9-12,16-17,22,29H,13-15H2,1-4H3/t16-,17-,22-/m0/s1. The Hall–Kier alpha value is -3.44. The van der Waals surface area contributed by atoms with E-state index in [9.17, 15) is 14.7 Å². The molecule has 0 aromatic carbocycles. The molecular formula is C24H28N4O4. The summed E-state index contributed by atoms with van der Waals surface area (Å²) in [6.07, 6.45) is 4.52. The quantitative estimate of drug-likeness (QED) is 0.731. The van der Waals surface area contributed by atoms with Gasteiger partial charge in [-0.15, -0.1) is 0 Å². The van der Waals surface area contributed by atoms with Crippen molar-refractivity contribution in [2.75, 3.05) is 26.7 Å². The van der Waals surface area contributed by atoms with Crippen molar-refractivity contribution in [3.8, 4) is 17.7 Å². The summed E-state index contributed by atoms with van der Waals surface area (Å²) in [6.45, 7) is 5.82. The zero-order valence-corrected chi connectivity index (χ0v) is 18.8. The molecule has 0 unspecified atom stereocenters. The Balaban J connectivity index is 2.00. The Labute approximate surface area is 188 Å². The Bertz CT molecular complexity index is 1030. The van der Waals surface area contributed by atoms with Crippen molar-refractivity contribution in [3.63, 3.8) is 0 Å². The van der Waals surface area contributed by atoms with Crippen LogP contribution in [0.5, 0.6) is 5.88 Å². The maximum atomic E-state index is 13.4. The first-order valence-corrected chi connectivity index (χ1v) is 10.5. The molecule has 32 heavy (non-hydrogen) atoms. The number of hydrogen-bond donors (Lipinski definition) is 1. The molecule has 2 amide bonds. The van der Waals surface area contributed by atoms with Crippen molar-refractivity contribution in [1.82, 2.24) is 19.8 Å². The molecule has 2 aromatic rings. The van der Waals surface area contributed by atoms with Crippen molar-refractivity contribution in [2.24, 2.45) is 5.92 Å². The first-order valence-electron chi connectivity index (χ1n) is 10.5. The fourth-order valence-corrected chi connectivity index (χ4v) is 3.37. The summed E-state index contributed by atoms with van der Waals surface area (Å²) in [6, 6.07) is 4.92. The molecule has 168 valence electrons. The third kappa shape index (κ3) is 5.42. The molecule has 3 heterocycles. The van der Waals surface area contributed by atoms with E-state index in [1.165, 1.54) is 6.92 Å². The molecule has 0 bridgehead atoms. The molecule has 8 heteroatoms. The third-order valence-electron chi connectivity index (χ3n) is 5.53. The van der Waals surface area contributed by atoms with Gasteiger partial charge in [0.05, 0.1) is 19.2 Å². The van der Waals surface area contributed by atoms with Crippen LogP contribution in [0.15, 0.2) is 36.8 Å². The van der Waals surface area contributed by atoms with Gasteiger partial charge < -0.3 is 19.6 Å². The number of aromatic nitrogens is 2. The average Bonchev–Trinajstić information content (AvgIpc) is 2.80. The maximum Gasteiger partial charge on any atom is 0.259 e. The van der Waals surface area contributed by atoms with Crippen LogP contribution in [0.4, 0.5) is 0 Å². The summed E-state index contributed by atoms with van der Waals surface area (Å²) < 4.78 is 6.15. The van der Waals surface area contributed by atoms with E-state index in [-0.39, 0.29) is 47.9 Å². The summed E-state index contributed by atoms with van der Waals surface area (Å²) in [5, 5.41) is 9.73. The predicted molar refractivity (Wildman–Crippen MR) is 119 cm³/mol. The normalized spacial score (nSPS) is 18.9. The van der Waals surface area contributed by atoms with Gasteiger partial charge in [0.1, 0.15) is 11.7 Å². The molecule has 0 radical (unpaired) electrons. The number of aliphatic hydroxyl groups is 1. The van der Waals surface area contributed by atoms with Crippen LogP contribution in [0.25, 0.3) is 0 Å². The summed E-state index contributed by atoms with van der Waals surface area (Å²) in [4.78, 5) is 36.8. The number of pyridine rings is 2. The minimum absolute atomic E-state index is 0.0753. The average molecular weight is 437 g/mol. The minimum atomic E-state index is -0.382. The van der Waals surface area contributed by atoms with Crippen LogP contribution in [0, 0.1) is 17.8 Å². The number of nitrogens with zero attached hydrogens (tertiary/aromatic N) is 4. The van der Waals surface area contributed by atoms with Crippen LogP contribution in [-0.4, -0.2) is 75.6 Å². The van der Waals surface area contributed by atoms with Gasteiger partial charge >= 0.3 is 0 Å². The molecule has 3 rings (SSSR count). The SMILES string of the molecule is CC(=O)N(C)C[C@@H]1Oc2ncc(C#Cc3cccnc3)cc2C(=O)N([C@@H](C)CO)C[C@@H]1C. The summed E-state index contributed by atoms with van der Waals surface area (Å²) in [5.74, 6) is 5.78. The number of fused-ring (bicyclic) bond motifs is 1. The molecule has 8 nitrogen and oxygen atoms in total. The highest BCUT2D eigenvalue weighted by molar-refractivity contribution is 5.97. The third-order valence-corrected chi connectivity index (χ3v) is 5.53. The van der Waals surface area contributed by atoms with E-state index < -0.39 is 0 Å². The molecule has 0 spiro atoms. The smallest absolute Gasteiger partial charge is 0.259 e. The lowest BCUT2D eigenvalue weighted by Crippen LogP contribution is -2.50. The van der Waals surface area contributed by atoms with E-state index >= 15 is 0 Å². The summed E-state index contributed by atoms with van der Waals surface area (Å²) in [7, 11) is 1.71. The van der Waals surface area contributed by atoms with Gasteiger partial charge in [0.2, 0.25) is 11.8 Å². The lowest BCUT2D eigenvalue weighted by molar-refractivity contribution is -0.129. The van der Waals surface area contributed by atoms with Gasteiger partial charge in [0.15, 0.2) is 0 Å². The highest BCUT2D eigenvalue weighted by Crippen LogP contribution is 2.27. The zero-order chi connectivity index (χ0) is 23.3. The Morgan fingerprint density at radius 2 is 2.12 bits per heavy atom. The zero-order valence-electron chi connectivity index (χ0n) is 18.8. The van der Waals surface area contributed by atoms with Crippen molar-refractivity contribution < 1.29 is 19.4 Å². The van der Waals surface area contributed by atoms with E-state index in [0.717, 1.165) is 5.56 Å². The predicted octanol–water partition coefficient (Wildman–Crippen LogP) is 1.57. The number of rotatable bonds is 4. The van der Waals surface area contributed by atoms with Crippen molar-refractivity contribution >= 4 is 11.8 Å². The molecule has 0 saturated heterocycles. The van der Waals surface area contributed by atoms with Gasteiger partial charge in [-0.3, -0.25) is 14.6 Å². The van der Waals surface area contributed by atoms with Crippen molar-refractivity contribution in [2.45, 2.75) is 32.9 Å².